The van der Waals surface area contributed by atoms with Crippen LogP contribution in [0.3, 0.4) is 0 Å². The molecule has 2 amide bonds. The molecular formula is C27H17FN4O2. The Labute approximate surface area is 193 Å². The van der Waals surface area contributed by atoms with Crippen LogP contribution in [0.4, 0.5) is 4.39 Å². The number of halogens is 1. The van der Waals surface area contributed by atoms with Crippen LogP contribution in [0.5, 0.6) is 0 Å². The number of pyridine rings is 1. The fourth-order valence-electron chi connectivity index (χ4n) is 4.49. The Morgan fingerprint density at radius 1 is 0.765 bits per heavy atom. The van der Waals surface area contributed by atoms with Gasteiger partial charge in [0, 0.05) is 11.8 Å². The number of hydrogen-bond donors (Lipinski definition) is 1. The number of imidazole rings is 1. The van der Waals surface area contributed by atoms with Crippen LogP contribution in [-0.4, -0.2) is 31.7 Å². The van der Waals surface area contributed by atoms with Crippen molar-refractivity contribution in [2.45, 2.75) is 6.04 Å². The van der Waals surface area contributed by atoms with E-state index in [1.54, 1.807) is 36.7 Å². The van der Waals surface area contributed by atoms with Crippen LogP contribution in [0.15, 0.2) is 91.4 Å². The Morgan fingerprint density at radius 3 is 2.26 bits per heavy atom. The highest BCUT2D eigenvalue weighted by Gasteiger charge is 2.41. The second-order valence-corrected chi connectivity index (χ2v) is 8.10. The zero-order valence-electron chi connectivity index (χ0n) is 17.8. The van der Waals surface area contributed by atoms with Gasteiger partial charge in [-0.1, -0.05) is 36.4 Å². The number of benzene rings is 3. The molecule has 7 heteroatoms. The van der Waals surface area contributed by atoms with E-state index in [2.05, 4.69) is 15.0 Å². The van der Waals surface area contributed by atoms with Crippen LogP contribution < -0.4 is 0 Å². The lowest BCUT2D eigenvalue weighted by Crippen LogP contribution is -2.34. The lowest BCUT2D eigenvalue weighted by atomic mass is 9.94. The molecule has 2 aromatic heterocycles. The number of nitrogens with zero attached hydrogens (tertiary/aromatic N) is 3. The molecule has 0 fully saturated rings. The zero-order chi connectivity index (χ0) is 23.2. The van der Waals surface area contributed by atoms with Crippen LogP contribution in [0, 0.1) is 5.95 Å². The molecule has 0 bridgehead atoms. The number of carbonyl (C=O) groups excluding carboxylic acids is 2. The fourth-order valence-corrected chi connectivity index (χ4v) is 4.49. The molecule has 0 saturated carbocycles. The number of carbonyl (C=O) groups is 2. The lowest BCUT2D eigenvalue weighted by Gasteiger charge is -2.27. The predicted molar refractivity (Wildman–Crippen MR) is 125 cm³/mol. The second kappa shape index (κ2) is 7.74. The van der Waals surface area contributed by atoms with Crippen molar-refractivity contribution in [3.05, 3.63) is 120 Å². The Hall–Kier alpha value is -4.65. The third-order valence-electron chi connectivity index (χ3n) is 6.11. The van der Waals surface area contributed by atoms with Crippen molar-refractivity contribution in [2.24, 2.45) is 0 Å². The monoisotopic (exact) mass is 448 g/mol. The van der Waals surface area contributed by atoms with Crippen molar-refractivity contribution < 1.29 is 14.0 Å². The van der Waals surface area contributed by atoms with Crippen molar-refractivity contribution in [1.29, 1.82) is 0 Å². The first-order valence-corrected chi connectivity index (χ1v) is 10.7. The molecule has 6 rings (SSSR count). The minimum atomic E-state index is -0.679. The summed E-state index contributed by atoms with van der Waals surface area (Å²) in [6.07, 6.45) is 3.06. The predicted octanol–water partition coefficient (Wildman–Crippen LogP) is 5.15. The van der Waals surface area contributed by atoms with Crippen LogP contribution in [0.25, 0.3) is 22.2 Å². The van der Waals surface area contributed by atoms with Crippen molar-refractivity contribution in [3.63, 3.8) is 0 Å². The Morgan fingerprint density at radius 2 is 1.53 bits per heavy atom. The summed E-state index contributed by atoms with van der Waals surface area (Å²) < 4.78 is 13.4. The summed E-state index contributed by atoms with van der Waals surface area (Å²) in [6.45, 7) is 0. The molecule has 1 atom stereocenters. The van der Waals surface area contributed by atoms with E-state index in [0.29, 0.717) is 11.1 Å². The first-order chi connectivity index (χ1) is 16.6. The molecule has 0 saturated heterocycles. The zero-order valence-corrected chi connectivity index (χ0v) is 17.8. The van der Waals surface area contributed by atoms with Crippen LogP contribution in [0.1, 0.15) is 37.9 Å². The van der Waals surface area contributed by atoms with Crippen molar-refractivity contribution in [2.75, 3.05) is 0 Å². The van der Waals surface area contributed by atoms with Gasteiger partial charge in [-0.25, -0.2) is 9.97 Å². The van der Waals surface area contributed by atoms with E-state index >= 15 is 0 Å². The average Bonchev–Trinajstić information content (AvgIpc) is 3.43. The molecule has 0 aliphatic carbocycles. The number of aromatic nitrogens is 3. The molecule has 5 aromatic rings. The van der Waals surface area contributed by atoms with Gasteiger partial charge in [-0.15, -0.1) is 0 Å². The number of aromatic amines is 1. The van der Waals surface area contributed by atoms with Crippen molar-refractivity contribution in [3.8, 4) is 11.1 Å². The smallest absolute Gasteiger partial charge is 0.262 e. The van der Waals surface area contributed by atoms with Gasteiger partial charge < -0.3 is 4.98 Å². The highest BCUT2D eigenvalue weighted by atomic mass is 19.1. The SMILES string of the molecule is O=C1c2ccccc2C(=O)N1C(c1cccc(-c2ccc(F)nc2)c1)c1ccc2[nH]cnc2c1. The number of fused-ring (bicyclic) bond motifs is 2. The molecule has 1 N–H and O–H groups in total. The molecule has 6 nitrogen and oxygen atoms in total. The maximum Gasteiger partial charge on any atom is 0.262 e. The molecule has 164 valence electrons. The summed E-state index contributed by atoms with van der Waals surface area (Å²) in [7, 11) is 0. The van der Waals surface area contributed by atoms with Gasteiger partial charge in [-0.05, 0) is 59.2 Å². The van der Waals surface area contributed by atoms with E-state index in [9.17, 15) is 14.0 Å². The van der Waals surface area contributed by atoms with E-state index < -0.39 is 12.0 Å². The number of hydrogen-bond acceptors (Lipinski definition) is 4. The van der Waals surface area contributed by atoms with Gasteiger partial charge in [0.25, 0.3) is 11.8 Å². The third kappa shape index (κ3) is 3.17. The van der Waals surface area contributed by atoms with Crippen LogP contribution >= 0.6 is 0 Å². The summed E-state index contributed by atoms with van der Waals surface area (Å²) in [6, 6.07) is 22.3. The molecule has 3 aromatic carbocycles. The van der Waals surface area contributed by atoms with Gasteiger partial charge in [0.2, 0.25) is 5.95 Å². The lowest BCUT2D eigenvalue weighted by molar-refractivity contribution is 0.0608. The van der Waals surface area contributed by atoms with E-state index in [0.717, 1.165) is 33.3 Å². The summed E-state index contributed by atoms with van der Waals surface area (Å²) in [5, 5.41) is 0. The van der Waals surface area contributed by atoms with Gasteiger partial charge in [0.15, 0.2) is 0 Å². The van der Waals surface area contributed by atoms with Crippen LogP contribution in [-0.2, 0) is 0 Å². The van der Waals surface area contributed by atoms with E-state index in [-0.39, 0.29) is 11.8 Å². The molecule has 0 spiro atoms. The maximum absolute atomic E-state index is 13.4. The van der Waals surface area contributed by atoms with E-state index in [1.807, 2.05) is 42.5 Å². The standard InChI is InChI=1S/C27H17FN4O2/c28-24-11-9-19(14-29-24)16-4-3-5-17(12-16)25(18-8-10-22-23(13-18)31-15-30-22)32-26(33)20-6-1-2-7-21(20)27(32)34/h1-15,25H,(H,30,31). The highest BCUT2D eigenvalue weighted by Crippen LogP contribution is 2.37. The number of amides is 2. The molecule has 1 aliphatic heterocycles. The Kier molecular flexibility index (Phi) is 4.55. The summed E-state index contributed by atoms with van der Waals surface area (Å²) in [4.78, 5) is 39.3. The quantitative estimate of drug-likeness (QED) is 0.305. The minimum Gasteiger partial charge on any atom is -0.345 e. The molecular weight excluding hydrogens is 431 g/mol. The van der Waals surface area contributed by atoms with Crippen molar-refractivity contribution in [1.82, 2.24) is 19.9 Å². The van der Waals surface area contributed by atoms with Gasteiger partial charge in [-0.3, -0.25) is 14.5 Å². The minimum absolute atomic E-state index is 0.346. The molecule has 0 radical (unpaired) electrons. The van der Waals surface area contributed by atoms with Gasteiger partial charge >= 0.3 is 0 Å². The van der Waals surface area contributed by atoms with Gasteiger partial charge in [0.1, 0.15) is 0 Å². The molecule has 1 unspecified atom stereocenters. The number of imide groups is 1. The molecule has 34 heavy (non-hydrogen) atoms. The largest absolute Gasteiger partial charge is 0.345 e. The highest BCUT2D eigenvalue weighted by molar-refractivity contribution is 6.21. The fraction of sp³-hybridized carbons (Fsp3) is 0.0370. The first-order valence-electron chi connectivity index (χ1n) is 10.7. The van der Waals surface area contributed by atoms with E-state index in [1.165, 1.54) is 17.2 Å². The van der Waals surface area contributed by atoms with E-state index in [4.69, 9.17) is 0 Å². The van der Waals surface area contributed by atoms with Crippen LogP contribution in [0.2, 0.25) is 0 Å². The number of rotatable bonds is 4. The Balaban J connectivity index is 1.52. The summed E-state index contributed by atoms with van der Waals surface area (Å²) in [5.74, 6) is -1.25. The normalized spacial score (nSPS) is 14.0. The molecule has 3 heterocycles. The van der Waals surface area contributed by atoms with Crippen molar-refractivity contribution >= 4 is 22.8 Å². The van der Waals surface area contributed by atoms with Gasteiger partial charge in [0.05, 0.1) is 34.5 Å². The number of H-pyrrole nitrogens is 1. The molecule has 1 aliphatic rings. The summed E-state index contributed by atoms with van der Waals surface area (Å²) >= 11 is 0. The Bertz CT molecular complexity index is 1540. The first kappa shape index (κ1) is 20.0. The summed E-state index contributed by atoms with van der Waals surface area (Å²) in [5.41, 5.74) is 5.39. The second-order valence-electron chi connectivity index (χ2n) is 8.10. The maximum atomic E-state index is 13.4. The average molecular weight is 448 g/mol. The third-order valence-corrected chi connectivity index (χ3v) is 6.11. The van der Waals surface area contributed by atoms with Gasteiger partial charge in [-0.2, -0.15) is 4.39 Å². The topological polar surface area (TPSA) is 79.0 Å². The number of nitrogens with one attached hydrogen (secondary N) is 1.